The largest absolute Gasteiger partial charge is 0.454 e. The molecule has 0 fully saturated rings. The smallest absolute Gasteiger partial charge is 0.338 e. The molecule has 222 valence electrons. The number of rotatable bonds is 20. The van der Waals surface area contributed by atoms with Crippen LogP contribution in [0.5, 0.6) is 0 Å². The molecular weight excluding hydrogens is 529 g/mol. The van der Waals surface area contributed by atoms with E-state index in [-0.39, 0.29) is 18.2 Å². The Morgan fingerprint density at radius 1 is 0.725 bits per heavy atom. The van der Waals surface area contributed by atoms with Gasteiger partial charge in [0.25, 0.3) is 0 Å². The number of carbonyl (C=O) groups is 1. The van der Waals surface area contributed by atoms with Crippen molar-refractivity contribution in [2.24, 2.45) is 0 Å². The summed E-state index contributed by atoms with van der Waals surface area (Å²) in [5.41, 5.74) is 1.89. The van der Waals surface area contributed by atoms with Crippen LogP contribution in [0.3, 0.4) is 0 Å². The van der Waals surface area contributed by atoms with Crippen LogP contribution in [0.2, 0.25) is 36.3 Å². The molecule has 0 aliphatic rings. The molecule has 0 aromatic heterocycles. The van der Waals surface area contributed by atoms with E-state index in [4.69, 9.17) is 13.6 Å². The molecule has 0 amide bonds. The molecule has 3 atom stereocenters. The van der Waals surface area contributed by atoms with Crippen LogP contribution in [0.15, 0.2) is 73.3 Å². The molecule has 40 heavy (non-hydrogen) atoms. The van der Waals surface area contributed by atoms with Crippen LogP contribution in [0.1, 0.15) is 76.7 Å². The lowest BCUT2D eigenvalue weighted by atomic mass is 10.00. The highest BCUT2D eigenvalue weighted by molar-refractivity contribution is 6.74. The van der Waals surface area contributed by atoms with Gasteiger partial charge in [-0.25, -0.2) is 4.79 Å². The highest BCUT2D eigenvalue weighted by Crippen LogP contribution is 2.31. The number of hydrogen-bond acceptors (Lipinski definition) is 4. The summed E-state index contributed by atoms with van der Waals surface area (Å²) >= 11 is 0. The first-order chi connectivity index (χ1) is 19.3. The number of carbonyl (C=O) groups excluding carboxylic acids is 1. The van der Waals surface area contributed by atoms with Crippen molar-refractivity contribution in [3.05, 3.63) is 84.4 Å². The quantitative estimate of drug-likeness (QED) is 0.0886. The van der Waals surface area contributed by atoms with Crippen LogP contribution in [-0.2, 0) is 20.0 Å². The van der Waals surface area contributed by atoms with E-state index in [2.05, 4.69) is 78.5 Å². The van der Waals surface area contributed by atoms with E-state index in [1.165, 1.54) is 5.56 Å². The topological polar surface area (TPSA) is 44.8 Å². The van der Waals surface area contributed by atoms with Crippen molar-refractivity contribution >= 4 is 22.6 Å². The lowest BCUT2D eigenvalue weighted by molar-refractivity contribution is 0.0217. The molecule has 0 aliphatic carbocycles. The van der Waals surface area contributed by atoms with E-state index in [9.17, 15) is 4.79 Å². The van der Waals surface area contributed by atoms with Gasteiger partial charge in [-0.05, 0) is 73.2 Å². The standard InChI is InChI=1S/C34H54O4Si2/c1-8-31(36-34(35)30-23-19-16-20-24-30)27-33(38-40(12-5,13-6)14-7)28-32(37-39(9-2,10-3)11-4)26-25-29-21-17-15-18-22-29/h8,15-24,31-33H,1,9-14,25-28H2,2-7H3/t31-,32-,33-/m1/s1. The Balaban J connectivity index is 2.33. The maximum absolute atomic E-state index is 12.9. The normalized spacial score (nSPS) is 14.3. The number of benzene rings is 2. The minimum Gasteiger partial charge on any atom is -0.454 e. The SMILES string of the molecule is C=C[C@H](C[C@H](C[C@@H](CCc1ccccc1)O[Si](CC)(CC)CC)O[Si](CC)(CC)CC)OC(=O)c1ccccc1. The van der Waals surface area contributed by atoms with Gasteiger partial charge < -0.3 is 13.6 Å². The minimum absolute atomic E-state index is 0.0591. The summed E-state index contributed by atoms with van der Waals surface area (Å²) in [6, 6.07) is 26.5. The van der Waals surface area contributed by atoms with E-state index in [0.29, 0.717) is 12.0 Å². The molecule has 0 unspecified atom stereocenters. The first kappa shape index (κ1) is 34.2. The van der Waals surface area contributed by atoms with Crippen molar-refractivity contribution in [2.45, 2.75) is 122 Å². The van der Waals surface area contributed by atoms with Gasteiger partial charge >= 0.3 is 5.97 Å². The lowest BCUT2D eigenvalue weighted by Gasteiger charge is -2.38. The summed E-state index contributed by atoms with van der Waals surface area (Å²) in [6.45, 7) is 17.7. The van der Waals surface area contributed by atoms with E-state index in [1.807, 2.05) is 18.2 Å². The molecule has 4 nitrogen and oxygen atoms in total. The second-order valence-corrected chi connectivity index (χ2v) is 20.5. The molecule has 0 N–H and O–H groups in total. The first-order valence-electron chi connectivity index (χ1n) is 15.6. The molecule has 0 saturated carbocycles. The van der Waals surface area contributed by atoms with E-state index < -0.39 is 22.7 Å². The third-order valence-electron chi connectivity index (χ3n) is 8.85. The molecule has 2 rings (SSSR count). The van der Waals surface area contributed by atoms with Crippen LogP contribution < -0.4 is 0 Å². The number of esters is 1. The van der Waals surface area contributed by atoms with Crippen molar-refractivity contribution in [1.29, 1.82) is 0 Å². The molecule has 2 aromatic carbocycles. The highest BCUT2D eigenvalue weighted by Gasteiger charge is 2.37. The Bertz CT molecular complexity index is 957. The molecule has 2 aromatic rings. The average Bonchev–Trinajstić information content (AvgIpc) is 3.01. The molecule has 0 saturated heterocycles. The zero-order chi connectivity index (χ0) is 29.4. The molecule has 6 heteroatoms. The van der Waals surface area contributed by atoms with Gasteiger partial charge in [-0.15, -0.1) is 0 Å². The Hall–Kier alpha value is -2.00. The molecule has 0 spiro atoms. The fourth-order valence-electron chi connectivity index (χ4n) is 5.62. The molecule has 0 heterocycles. The Kier molecular flexibility index (Phi) is 15.2. The van der Waals surface area contributed by atoms with Gasteiger partial charge in [-0.1, -0.05) is 103 Å². The summed E-state index contributed by atoms with van der Waals surface area (Å²) < 4.78 is 20.3. The van der Waals surface area contributed by atoms with Crippen molar-refractivity contribution < 1.29 is 18.4 Å². The maximum Gasteiger partial charge on any atom is 0.338 e. The van der Waals surface area contributed by atoms with Gasteiger partial charge in [0.1, 0.15) is 6.10 Å². The summed E-state index contributed by atoms with van der Waals surface area (Å²) in [6.07, 6.45) is 4.72. The predicted molar refractivity (Wildman–Crippen MR) is 174 cm³/mol. The Morgan fingerprint density at radius 3 is 1.68 bits per heavy atom. The van der Waals surface area contributed by atoms with Crippen LogP contribution in [0.4, 0.5) is 0 Å². The third kappa shape index (κ3) is 10.4. The maximum atomic E-state index is 12.9. The Morgan fingerprint density at radius 2 is 1.20 bits per heavy atom. The molecule has 0 bridgehead atoms. The fraction of sp³-hybridized carbons (Fsp3) is 0.559. The summed E-state index contributed by atoms with van der Waals surface area (Å²) in [4.78, 5) is 12.9. The van der Waals surface area contributed by atoms with Gasteiger partial charge in [0.05, 0.1) is 11.7 Å². The highest BCUT2D eigenvalue weighted by atomic mass is 28.4. The predicted octanol–water partition coefficient (Wildman–Crippen LogP) is 9.59. The van der Waals surface area contributed by atoms with E-state index in [0.717, 1.165) is 55.5 Å². The third-order valence-corrected chi connectivity index (χ3v) is 18.2. The number of hydrogen-bond donors (Lipinski definition) is 0. The zero-order valence-electron chi connectivity index (χ0n) is 26.0. The van der Waals surface area contributed by atoms with Crippen LogP contribution in [0.25, 0.3) is 0 Å². The number of aryl methyl sites for hydroxylation is 1. The average molecular weight is 583 g/mol. The van der Waals surface area contributed by atoms with Gasteiger partial charge in [0.15, 0.2) is 16.6 Å². The molecule has 0 aliphatic heterocycles. The minimum atomic E-state index is -1.92. The number of ether oxygens (including phenoxy) is 1. The van der Waals surface area contributed by atoms with Crippen molar-refractivity contribution in [3.8, 4) is 0 Å². The summed E-state index contributed by atoms with van der Waals surface area (Å²) in [5.74, 6) is -0.319. The van der Waals surface area contributed by atoms with Crippen LogP contribution in [-0.4, -0.2) is 40.9 Å². The van der Waals surface area contributed by atoms with Gasteiger partial charge in [0.2, 0.25) is 0 Å². The van der Waals surface area contributed by atoms with E-state index >= 15 is 0 Å². The second kappa shape index (κ2) is 17.7. The Labute approximate surface area is 246 Å². The van der Waals surface area contributed by atoms with Gasteiger partial charge in [0, 0.05) is 12.5 Å². The molecular formula is C34H54O4Si2. The van der Waals surface area contributed by atoms with Gasteiger partial charge in [-0.2, -0.15) is 0 Å². The zero-order valence-corrected chi connectivity index (χ0v) is 28.0. The fourth-order valence-corrected chi connectivity index (χ4v) is 11.4. The summed E-state index contributed by atoms with van der Waals surface area (Å²) in [5, 5.41) is 0. The van der Waals surface area contributed by atoms with Crippen LogP contribution >= 0.6 is 0 Å². The lowest BCUT2D eigenvalue weighted by Crippen LogP contribution is -2.45. The van der Waals surface area contributed by atoms with Crippen LogP contribution in [0, 0.1) is 0 Å². The van der Waals surface area contributed by atoms with Crippen molar-refractivity contribution in [2.75, 3.05) is 0 Å². The molecule has 0 radical (unpaired) electrons. The van der Waals surface area contributed by atoms with Crippen molar-refractivity contribution in [3.63, 3.8) is 0 Å². The first-order valence-corrected chi connectivity index (χ1v) is 20.7. The van der Waals surface area contributed by atoms with E-state index in [1.54, 1.807) is 18.2 Å². The monoisotopic (exact) mass is 582 g/mol. The van der Waals surface area contributed by atoms with Gasteiger partial charge in [-0.3, -0.25) is 0 Å². The second-order valence-electron chi connectivity index (χ2n) is 11.0. The van der Waals surface area contributed by atoms with Crippen molar-refractivity contribution in [1.82, 2.24) is 0 Å². The summed E-state index contributed by atoms with van der Waals surface area (Å²) in [7, 11) is -3.76.